The van der Waals surface area contributed by atoms with Crippen molar-refractivity contribution in [2.24, 2.45) is 0 Å². The van der Waals surface area contributed by atoms with Crippen molar-refractivity contribution in [2.75, 3.05) is 26.8 Å². The fourth-order valence-electron chi connectivity index (χ4n) is 2.78. The van der Waals surface area contributed by atoms with Crippen LogP contribution in [-0.2, 0) is 4.74 Å². The average Bonchev–Trinajstić information content (AvgIpc) is 2.69. The van der Waals surface area contributed by atoms with Crippen molar-refractivity contribution in [2.45, 2.75) is 24.9 Å². The van der Waals surface area contributed by atoms with Gasteiger partial charge >= 0.3 is 0 Å². The molecule has 7 heteroatoms. The third-order valence-corrected chi connectivity index (χ3v) is 3.95. The highest BCUT2D eigenvalue weighted by atomic mass is 16.6. The zero-order chi connectivity index (χ0) is 16.2. The van der Waals surface area contributed by atoms with Crippen molar-refractivity contribution in [1.29, 1.82) is 0 Å². The first-order valence-electron chi connectivity index (χ1n) is 7.21. The van der Waals surface area contributed by atoms with Crippen LogP contribution in [0.1, 0.15) is 29.6 Å². The number of amides is 1. The van der Waals surface area contributed by atoms with Gasteiger partial charge in [-0.25, -0.2) is 0 Å². The summed E-state index contributed by atoms with van der Waals surface area (Å²) in [6, 6.07) is 5.94. The van der Waals surface area contributed by atoms with Crippen molar-refractivity contribution in [1.82, 2.24) is 4.90 Å². The zero-order valence-electron chi connectivity index (χ0n) is 12.5. The molecule has 1 aromatic rings. The van der Waals surface area contributed by atoms with Gasteiger partial charge in [0, 0.05) is 26.3 Å². The summed E-state index contributed by atoms with van der Waals surface area (Å²) in [7, 11) is 1.53. The molecule has 1 unspecified atom stereocenters. The summed E-state index contributed by atoms with van der Waals surface area (Å²) >= 11 is 0. The molecule has 1 atom stereocenters. The first-order valence-corrected chi connectivity index (χ1v) is 7.21. The highest BCUT2D eigenvalue weighted by Gasteiger charge is 2.33. The van der Waals surface area contributed by atoms with Crippen molar-refractivity contribution in [3.8, 4) is 0 Å². The van der Waals surface area contributed by atoms with Crippen LogP contribution in [0.2, 0.25) is 0 Å². The Morgan fingerprint density at radius 1 is 1.41 bits per heavy atom. The molecule has 1 N–H and O–H groups in total. The summed E-state index contributed by atoms with van der Waals surface area (Å²) < 4.78 is 5.03. The topological polar surface area (TPSA) is 92.9 Å². The standard InChI is InChI=1S/C15H20N2O5/c1-22-11-15(19)7-4-9-16(10-8-15)14(18)12-5-2-3-6-13(12)17(20)21/h2-3,5-6,19H,4,7-11H2,1H3. The van der Waals surface area contributed by atoms with Crippen LogP contribution in [0.4, 0.5) is 5.69 Å². The Labute approximate surface area is 128 Å². The Hall–Kier alpha value is -1.99. The molecule has 120 valence electrons. The number of likely N-dealkylation sites (tertiary alicyclic amines) is 1. The first-order chi connectivity index (χ1) is 10.5. The molecule has 1 aromatic carbocycles. The number of carbonyl (C=O) groups excluding carboxylic acids is 1. The minimum Gasteiger partial charge on any atom is -0.387 e. The van der Waals surface area contributed by atoms with E-state index in [-0.39, 0.29) is 23.8 Å². The van der Waals surface area contributed by atoms with E-state index >= 15 is 0 Å². The van der Waals surface area contributed by atoms with Gasteiger partial charge in [-0.05, 0) is 25.3 Å². The molecule has 1 aliphatic heterocycles. The number of benzene rings is 1. The minimum atomic E-state index is -0.938. The van der Waals surface area contributed by atoms with E-state index in [1.807, 2.05) is 0 Å². The summed E-state index contributed by atoms with van der Waals surface area (Å²) in [5.41, 5.74) is -1.04. The molecule has 0 saturated carbocycles. The fraction of sp³-hybridized carbons (Fsp3) is 0.533. The van der Waals surface area contributed by atoms with E-state index in [0.29, 0.717) is 32.4 Å². The average molecular weight is 308 g/mol. The molecule has 1 amide bonds. The maximum atomic E-state index is 12.6. The third-order valence-electron chi connectivity index (χ3n) is 3.95. The number of carbonyl (C=O) groups is 1. The van der Waals surface area contributed by atoms with Gasteiger partial charge in [0.15, 0.2) is 0 Å². The predicted octanol–water partition coefficient (Wildman–Crippen LogP) is 1.60. The molecular weight excluding hydrogens is 288 g/mol. The molecule has 1 aliphatic rings. The van der Waals surface area contributed by atoms with Crippen molar-refractivity contribution < 1.29 is 19.6 Å². The highest BCUT2D eigenvalue weighted by molar-refractivity contribution is 5.98. The normalized spacial score (nSPS) is 22.2. The van der Waals surface area contributed by atoms with Gasteiger partial charge in [0.05, 0.1) is 17.1 Å². The molecule has 0 aromatic heterocycles. The molecule has 0 spiro atoms. The molecule has 22 heavy (non-hydrogen) atoms. The smallest absolute Gasteiger partial charge is 0.282 e. The number of methoxy groups -OCH3 is 1. The van der Waals surface area contributed by atoms with Gasteiger partial charge in [0.2, 0.25) is 0 Å². The Kier molecular flexibility index (Phi) is 5.10. The largest absolute Gasteiger partial charge is 0.387 e. The third kappa shape index (κ3) is 3.61. The monoisotopic (exact) mass is 308 g/mol. The van der Waals surface area contributed by atoms with Crippen LogP contribution in [0.5, 0.6) is 0 Å². The highest BCUT2D eigenvalue weighted by Crippen LogP contribution is 2.25. The van der Waals surface area contributed by atoms with Gasteiger partial charge in [0.1, 0.15) is 5.56 Å². The van der Waals surface area contributed by atoms with Gasteiger partial charge in [-0.1, -0.05) is 12.1 Å². The van der Waals surface area contributed by atoms with Crippen LogP contribution < -0.4 is 0 Å². The number of nitro groups is 1. The second kappa shape index (κ2) is 6.85. The molecule has 1 fully saturated rings. The second-order valence-electron chi connectivity index (χ2n) is 5.58. The number of hydrogen-bond donors (Lipinski definition) is 1. The Bertz CT molecular complexity index is 563. The van der Waals surface area contributed by atoms with E-state index in [0.717, 1.165) is 0 Å². The lowest BCUT2D eigenvalue weighted by Gasteiger charge is -2.26. The first kappa shape index (κ1) is 16.4. The Balaban J connectivity index is 2.16. The molecule has 0 bridgehead atoms. The van der Waals surface area contributed by atoms with Gasteiger partial charge in [0.25, 0.3) is 11.6 Å². The van der Waals surface area contributed by atoms with Gasteiger partial charge < -0.3 is 14.7 Å². The lowest BCUT2D eigenvalue weighted by atomic mass is 9.96. The number of hydrogen-bond acceptors (Lipinski definition) is 5. The maximum absolute atomic E-state index is 12.6. The van der Waals surface area contributed by atoms with Crippen LogP contribution >= 0.6 is 0 Å². The summed E-state index contributed by atoms with van der Waals surface area (Å²) in [5.74, 6) is -0.367. The fourth-order valence-corrected chi connectivity index (χ4v) is 2.78. The van der Waals surface area contributed by atoms with Gasteiger partial charge in [-0.15, -0.1) is 0 Å². The molecular formula is C15H20N2O5. The number of rotatable bonds is 4. The van der Waals surface area contributed by atoms with Crippen LogP contribution in [-0.4, -0.2) is 53.2 Å². The molecule has 1 saturated heterocycles. The van der Waals surface area contributed by atoms with Crippen LogP contribution in [0, 0.1) is 10.1 Å². The number of nitrogens with zero attached hydrogens (tertiary/aromatic N) is 2. The van der Waals surface area contributed by atoms with E-state index in [9.17, 15) is 20.0 Å². The molecule has 1 heterocycles. The zero-order valence-corrected chi connectivity index (χ0v) is 12.5. The van der Waals surface area contributed by atoms with E-state index in [2.05, 4.69) is 0 Å². The lowest BCUT2D eigenvalue weighted by molar-refractivity contribution is -0.385. The van der Waals surface area contributed by atoms with E-state index in [1.54, 1.807) is 11.0 Å². The number of ether oxygens (including phenoxy) is 1. The molecule has 0 aliphatic carbocycles. The lowest BCUT2D eigenvalue weighted by Crippen LogP contribution is -2.37. The van der Waals surface area contributed by atoms with Gasteiger partial charge in [-0.2, -0.15) is 0 Å². The quantitative estimate of drug-likeness (QED) is 0.673. The van der Waals surface area contributed by atoms with E-state index in [1.165, 1.54) is 25.3 Å². The summed E-state index contributed by atoms with van der Waals surface area (Å²) in [6.45, 7) is 1.04. The molecule has 2 rings (SSSR count). The van der Waals surface area contributed by atoms with Crippen molar-refractivity contribution in [3.05, 3.63) is 39.9 Å². The molecule has 7 nitrogen and oxygen atoms in total. The maximum Gasteiger partial charge on any atom is 0.282 e. The second-order valence-corrected chi connectivity index (χ2v) is 5.58. The predicted molar refractivity (Wildman–Crippen MR) is 79.7 cm³/mol. The number of para-hydroxylation sites is 1. The minimum absolute atomic E-state index is 0.0877. The van der Waals surface area contributed by atoms with Crippen LogP contribution in [0.25, 0.3) is 0 Å². The van der Waals surface area contributed by atoms with E-state index in [4.69, 9.17) is 4.74 Å². The van der Waals surface area contributed by atoms with Crippen molar-refractivity contribution in [3.63, 3.8) is 0 Å². The Morgan fingerprint density at radius 2 is 2.14 bits per heavy atom. The van der Waals surface area contributed by atoms with E-state index < -0.39 is 10.5 Å². The summed E-state index contributed by atoms with van der Waals surface area (Å²) in [6.07, 6.45) is 1.57. The SMILES string of the molecule is COCC1(O)CCCN(C(=O)c2ccccc2[N+](=O)[O-])CC1. The molecule has 0 radical (unpaired) electrons. The van der Waals surface area contributed by atoms with Crippen molar-refractivity contribution >= 4 is 11.6 Å². The summed E-state index contributed by atoms with van der Waals surface area (Å²) in [4.78, 5) is 24.6. The number of aliphatic hydroxyl groups is 1. The van der Waals surface area contributed by atoms with Crippen LogP contribution in [0.3, 0.4) is 0 Å². The van der Waals surface area contributed by atoms with Crippen LogP contribution in [0.15, 0.2) is 24.3 Å². The summed E-state index contributed by atoms with van der Waals surface area (Å²) in [5, 5.41) is 21.4. The number of nitro benzene ring substituents is 1. The van der Waals surface area contributed by atoms with Gasteiger partial charge in [-0.3, -0.25) is 14.9 Å². The Morgan fingerprint density at radius 3 is 2.82 bits per heavy atom.